The first-order valence-electron chi connectivity index (χ1n) is 6.44. The van der Waals surface area contributed by atoms with Gasteiger partial charge in [-0.2, -0.15) is 0 Å². The van der Waals surface area contributed by atoms with E-state index in [1.165, 1.54) is 5.69 Å². The Morgan fingerprint density at radius 2 is 1.74 bits per heavy atom. The molecule has 0 aromatic heterocycles. The highest BCUT2D eigenvalue weighted by atomic mass is 32.1. The van der Waals surface area contributed by atoms with Crippen molar-refractivity contribution in [2.75, 3.05) is 38.1 Å². The highest BCUT2D eigenvalue weighted by Crippen LogP contribution is 2.17. The monoisotopic (exact) mass is 277 g/mol. The van der Waals surface area contributed by atoms with E-state index in [0.29, 0.717) is 0 Å². The van der Waals surface area contributed by atoms with Gasteiger partial charge in [0, 0.05) is 44.5 Å². The molecule has 1 saturated heterocycles. The SMILES string of the molecule is CNC(=S)N1CCN(c2ccc(C(C)=O)cc2)CC1. The topological polar surface area (TPSA) is 35.6 Å². The third kappa shape index (κ3) is 3.23. The molecule has 0 aliphatic carbocycles. The molecule has 1 aromatic carbocycles. The molecule has 1 heterocycles. The maximum absolute atomic E-state index is 11.2. The molecular weight excluding hydrogens is 258 g/mol. The summed E-state index contributed by atoms with van der Waals surface area (Å²) >= 11 is 5.24. The van der Waals surface area contributed by atoms with Crippen molar-refractivity contribution in [3.8, 4) is 0 Å². The van der Waals surface area contributed by atoms with Gasteiger partial charge < -0.3 is 15.1 Å². The number of benzene rings is 1. The van der Waals surface area contributed by atoms with Gasteiger partial charge in [-0.05, 0) is 43.4 Å². The highest BCUT2D eigenvalue weighted by Gasteiger charge is 2.18. The zero-order chi connectivity index (χ0) is 13.8. The Hall–Kier alpha value is -1.62. The Morgan fingerprint density at radius 1 is 1.16 bits per heavy atom. The summed E-state index contributed by atoms with van der Waals surface area (Å²) < 4.78 is 0. The molecule has 0 spiro atoms. The predicted molar refractivity (Wildman–Crippen MR) is 81.9 cm³/mol. The largest absolute Gasteiger partial charge is 0.368 e. The summed E-state index contributed by atoms with van der Waals surface area (Å²) in [5.74, 6) is 0.107. The second-order valence-corrected chi connectivity index (χ2v) is 5.02. The average molecular weight is 277 g/mol. The zero-order valence-electron chi connectivity index (χ0n) is 11.3. The van der Waals surface area contributed by atoms with Crippen molar-refractivity contribution in [2.24, 2.45) is 0 Å². The van der Waals surface area contributed by atoms with Crippen LogP contribution in [0.5, 0.6) is 0 Å². The Bertz CT molecular complexity index is 464. The van der Waals surface area contributed by atoms with Gasteiger partial charge in [-0.15, -0.1) is 0 Å². The van der Waals surface area contributed by atoms with Gasteiger partial charge in [-0.3, -0.25) is 4.79 Å². The van der Waals surface area contributed by atoms with Gasteiger partial charge in [0.25, 0.3) is 0 Å². The molecule has 1 fully saturated rings. The van der Waals surface area contributed by atoms with E-state index in [0.717, 1.165) is 36.9 Å². The number of carbonyl (C=O) groups is 1. The smallest absolute Gasteiger partial charge is 0.168 e. The molecule has 19 heavy (non-hydrogen) atoms. The fourth-order valence-corrected chi connectivity index (χ4v) is 2.42. The van der Waals surface area contributed by atoms with Crippen molar-refractivity contribution in [3.63, 3.8) is 0 Å². The van der Waals surface area contributed by atoms with Crippen molar-refractivity contribution < 1.29 is 4.79 Å². The fourth-order valence-electron chi connectivity index (χ4n) is 2.23. The van der Waals surface area contributed by atoms with Crippen LogP contribution in [0.4, 0.5) is 5.69 Å². The molecule has 0 unspecified atom stereocenters. The van der Waals surface area contributed by atoms with Crippen molar-refractivity contribution in [3.05, 3.63) is 29.8 Å². The Kier molecular flexibility index (Phi) is 4.37. The second-order valence-electron chi connectivity index (χ2n) is 4.63. The molecule has 0 bridgehead atoms. The second kappa shape index (κ2) is 6.02. The van der Waals surface area contributed by atoms with Crippen molar-refractivity contribution in [1.29, 1.82) is 0 Å². The van der Waals surface area contributed by atoms with E-state index in [9.17, 15) is 4.79 Å². The van der Waals surface area contributed by atoms with Crippen molar-refractivity contribution in [1.82, 2.24) is 10.2 Å². The minimum Gasteiger partial charge on any atom is -0.368 e. The standard InChI is InChI=1S/C14H19N3OS/c1-11(18)12-3-5-13(6-4-12)16-7-9-17(10-8-16)14(19)15-2/h3-6H,7-10H2,1-2H3,(H,15,19). The maximum atomic E-state index is 11.2. The molecular formula is C14H19N3OS. The molecule has 0 saturated carbocycles. The third-order valence-corrected chi connectivity index (χ3v) is 3.88. The lowest BCUT2D eigenvalue weighted by Gasteiger charge is -2.37. The molecule has 1 aromatic rings. The Labute approximate surface area is 119 Å². The highest BCUT2D eigenvalue weighted by molar-refractivity contribution is 7.80. The molecule has 0 atom stereocenters. The summed E-state index contributed by atoms with van der Waals surface area (Å²) in [6.07, 6.45) is 0. The van der Waals surface area contributed by atoms with E-state index < -0.39 is 0 Å². The Balaban J connectivity index is 1.97. The van der Waals surface area contributed by atoms with E-state index in [-0.39, 0.29) is 5.78 Å². The fraction of sp³-hybridized carbons (Fsp3) is 0.429. The van der Waals surface area contributed by atoms with Gasteiger partial charge >= 0.3 is 0 Å². The van der Waals surface area contributed by atoms with Crippen LogP contribution in [0, 0.1) is 0 Å². The van der Waals surface area contributed by atoms with E-state index in [1.807, 2.05) is 31.3 Å². The van der Waals surface area contributed by atoms with Crippen molar-refractivity contribution >= 4 is 28.8 Å². The van der Waals surface area contributed by atoms with E-state index >= 15 is 0 Å². The first-order valence-corrected chi connectivity index (χ1v) is 6.85. The number of hydrogen-bond acceptors (Lipinski definition) is 3. The zero-order valence-corrected chi connectivity index (χ0v) is 12.2. The molecule has 4 nitrogen and oxygen atoms in total. The van der Waals surface area contributed by atoms with Crippen LogP contribution in [-0.4, -0.2) is 49.0 Å². The molecule has 5 heteroatoms. The number of nitrogens with one attached hydrogen (secondary N) is 1. The Morgan fingerprint density at radius 3 is 2.21 bits per heavy atom. The van der Waals surface area contributed by atoms with E-state index in [4.69, 9.17) is 12.2 Å². The normalized spacial score (nSPS) is 15.3. The maximum Gasteiger partial charge on any atom is 0.168 e. The summed E-state index contributed by atoms with van der Waals surface area (Å²) in [6.45, 7) is 5.33. The first-order chi connectivity index (χ1) is 9.11. The minimum atomic E-state index is 0.107. The van der Waals surface area contributed by atoms with E-state index in [2.05, 4.69) is 15.1 Å². The third-order valence-electron chi connectivity index (χ3n) is 3.42. The quantitative estimate of drug-likeness (QED) is 0.655. The van der Waals surface area contributed by atoms with Gasteiger partial charge in [0.15, 0.2) is 10.9 Å². The molecule has 0 radical (unpaired) electrons. The van der Waals surface area contributed by atoms with Crippen LogP contribution in [0.1, 0.15) is 17.3 Å². The van der Waals surface area contributed by atoms with Gasteiger partial charge in [0.1, 0.15) is 0 Å². The van der Waals surface area contributed by atoms with Crippen LogP contribution in [0.3, 0.4) is 0 Å². The number of Topliss-reactive ketones (excluding diaryl/α,β-unsaturated/α-hetero) is 1. The molecule has 1 aliphatic rings. The summed E-state index contributed by atoms with van der Waals surface area (Å²) in [5, 5.41) is 3.82. The number of hydrogen-bond donors (Lipinski definition) is 1. The van der Waals surface area contributed by atoms with Gasteiger partial charge in [-0.25, -0.2) is 0 Å². The van der Waals surface area contributed by atoms with Crippen LogP contribution in [0.25, 0.3) is 0 Å². The summed E-state index contributed by atoms with van der Waals surface area (Å²) in [7, 11) is 1.86. The number of anilines is 1. The summed E-state index contributed by atoms with van der Waals surface area (Å²) in [6, 6.07) is 7.82. The average Bonchev–Trinajstić information content (AvgIpc) is 2.46. The molecule has 1 N–H and O–H groups in total. The van der Waals surface area contributed by atoms with Crippen LogP contribution in [0.2, 0.25) is 0 Å². The first kappa shape index (κ1) is 13.8. The predicted octanol–water partition coefficient (Wildman–Crippen LogP) is 1.52. The van der Waals surface area contributed by atoms with Gasteiger partial charge in [-0.1, -0.05) is 0 Å². The lowest BCUT2D eigenvalue weighted by molar-refractivity contribution is 0.101. The number of piperazine rings is 1. The lowest BCUT2D eigenvalue weighted by atomic mass is 10.1. The van der Waals surface area contributed by atoms with Crippen LogP contribution in [0.15, 0.2) is 24.3 Å². The number of rotatable bonds is 2. The summed E-state index contributed by atoms with van der Waals surface area (Å²) in [5.41, 5.74) is 1.93. The molecule has 1 aliphatic heterocycles. The van der Waals surface area contributed by atoms with Gasteiger partial charge in [0.2, 0.25) is 0 Å². The molecule has 2 rings (SSSR count). The number of nitrogens with zero attached hydrogens (tertiary/aromatic N) is 2. The lowest BCUT2D eigenvalue weighted by Crippen LogP contribution is -2.51. The molecule has 0 amide bonds. The van der Waals surface area contributed by atoms with Crippen molar-refractivity contribution in [2.45, 2.75) is 6.92 Å². The molecule has 102 valence electrons. The number of ketones is 1. The summed E-state index contributed by atoms with van der Waals surface area (Å²) in [4.78, 5) is 15.7. The number of thiocarbonyl (C=S) groups is 1. The number of carbonyl (C=O) groups excluding carboxylic acids is 1. The van der Waals surface area contributed by atoms with Crippen LogP contribution < -0.4 is 10.2 Å². The van der Waals surface area contributed by atoms with Gasteiger partial charge in [0.05, 0.1) is 0 Å². The van der Waals surface area contributed by atoms with Crippen LogP contribution >= 0.6 is 12.2 Å². The van der Waals surface area contributed by atoms with Crippen LogP contribution in [-0.2, 0) is 0 Å². The minimum absolute atomic E-state index is 0.107. The van der Waals surface area contributed by atoms with E-state index in [1.54, 1.807) is 6.92 Å².